The Morgan fingerprint density at radius 2 is 0.688 bits per heavy atom. The largest absolute Gasteiger partial charge is 0.456 e. The van der Waals surface area contributed by atoms with Gasteiger partial charge in [0.1, 0.15) is 22.3 Å². The molecule has 4 aromatic heterocycles. The third-order valence-corrected chi connectivity index (χ3v) is 21.1. The van der Waals surface area contributed by atoms with E-state index in [0.717, 1.165) is 77.5 Å². The topological polar surface area (TPSA) is 36.1 Å². The van der Waals surface area contributed by atoms with E-state index < -0.39 is 8.07 Å². The average molecular weight is 999 g/mol. The number of fused-ring (bicyclic) bond motifs is 12. The Morgan fingerprint density at radius 3 is 1.23 bits per heavy atom. The second kappa shape index (κ2) is 17.0. The Labute approximate surface area is 444 Å². The maximum Gasteiger partial charge on any atom is 0.188 e. The fourth-order valence-corrected chi connectivity index (χ4v) is 18.0. The lowest BCUT2D eigenvalue weighted by atomic mass is 10.0. The summed E-state index contributed by atoms with van der Waals surface area (Å²) in [6, 6.07) is 102. The Kier molecular flexibility index (Phi) is 9.62. The summed E-state index contributed by atoms with van der Waals surface area (Å²) in [5, 5.41) is 14.2. The minimum absolute atomic E-state index is 0.853. The minimum atomic E-state index is -3.28. The molecule has 0 radical (unpaired) electrons. The molecule has 4 nitrogen and oxygen atoms in total. The molecule has 0 unspecified atom stereocenters. The van der Waals surface area contributed by atoms with Crippen LogP contribution in [0.5, 0.6) is 0 Å². The Hall–Kier alpha value is -9.94. The smallest absolute Gasteiger partial charge is 0.188 e. The SMILES string of the molecule is c1ccc([Si](c2ccccc2)(c2cccc3c2oc2ccc(-c4cccc(-n5c6ccccc6c6ccccc65)c4)cc23)c2cccc3c2oc2ccc(-c4ccccc4-n4c5ccccc5c5ccccc54)cc23)cc1. The summed E-state index contributed by atoms with van der Waals surface area (Å²) in [4.78, 5) is 0. The van der Waals surface area contributed by atoms with Crippen LogP contribution in [-0.4, -0.2) is 17.2 Å². The summed E-state index contributed by atoms with van der Waals surface area (Å²) in [6.45, 7) is 0. The molecule has 5 heteroatoms. The first-order chi connectivity index (χ1) is 38.2. The van der Waals surface area contributed by atoms with E-state index in [2.05, 4.69) is 288 Å². The molecule has 0 saturated heterocycles. The maximum atomic E-state index is 7.28. The van der Waals surface area contributed by atoms with Crippen LogP contribution in [0.4, 0.5) is 0 Å². The molecule has 360 valence electrons. The standard InChI is InChI=1S/C72H46N2O2Si/c1-3-22-51(23-4-1)77(52-24-5-2-6-25-52,69-38-18-31-58-60-45-48(40-42-67(60)75-71(58)69)47-20-17-21-50(44-47)73-63-34-13-8-27-54(63)55-28-9-14-35-64(55)73)70-39-19-32-59-61-46-49(41-43-68(61)76-72(59)70)53-26-7-12-33-62(53)74-65-36-15-10-29-56(65)57-30-11-16-37-66(57)74/h1-46H. The lowest BCUT2D eigenvalue weighted by Gasteiger charge is -2.34. The Bertz CT molecular complexity index is 4850. The van der Waals surface area contributed by atoms with Crippen molar-refractivity contribution in [3.05, 3.63) is 279 Å². The first kappa shape index (κ1) is 43.5. The van der Waals surface area contributed by atoms with Gasteiger partial charge < -0.3 is 18.0 Å². The monoisotopic (exact) mass is 998 g/mol. The van der Waals surface area contributed by atoms with Crippen molar-refractivity contribution in [3.8, 4) is 33.6 Å². The third kappa shape index (κ3) is 6.45. The number of hydrogen-bond acceptors (Lipinski definition) is 2. The zero-order valence-electron chi connectivity index (χ0n) is 41.8. The van der Waals surface area contributed by atoms with E-state index in [1.165, 1.54) is 64.4 Å². The molecule has 4 heterocycles. The van der Waals surface area contributed by atoms with Gasteiger partial charge in [-0.1, -0.05) is 212 Å². The van der Waals surface area contributed by atoms with Crippen LogP contribution in [0.2, 0.25) is 0 Å². The van der Waals surface area contributed by atoms with Gasteiger partial charge in [0.05, 0.1) is 27.8 Å². The van der Waals surface area contributed by atoms with Crippen molar-refractivity contribution < 1.29 is 8.83 Å². The van der Waals surface area contributed by atoms with Gasteiger partial charge in [0.2, 0.25) is 0 Å². The van der Waals surface area contributed by atoms with Crippen LogP contribution in [0, 0.1) is 0 Å². The summed E-state index contributed by atoms with van der Waals surface area (Å²) in [5.41, 5.74) is 15.1. The van der Waals surface area contributed by atoms with E-state index in [1.807, 2.05) is 0 Å². The lowest BCUT2D eigenvalue weighted by Crippen LogP contribution is -2.75. The second-order valence-electron chi connectivity index (χ2n) is 20.3. The Balaban J connectivity index is 0.887. The van der Waals surface area contributed by atoms with Crippen molar-refractivity contribution in [3.63, 3.8) is 0 Å². The molecule has 16 rings (SSSR count). The fraction of sp³-hybridized carbons (Fsp3) is 0. The summed E-state index contributed by atoms with van der Waals surface area (Å²) >= 11 is 0. The van der Waals surface area contributed by atoms with E-state index in [-0.39, 0.29) is 0 Å². The minimum Gasteiger partial charge on any atom is -0.456 e. The number of hydrogen-bond donors (Lipinski definition) is 0. The van der Waals surface area contributed by atoms with Crippen LogP contribution in [0.15, 0.2) is 288 Å². The van der Waals surface area contributed by atoms with Crippen LogP contribution in [0.3, 0.4) is 0 Å². The zero-order valence-corrected chi connectivity index (χ0v) is 42.8. The van der Waals surface area contributed by atoms with Gasteiger partial charge in [0, 0.05) is 54.3 Å². The van der Waals surface area contributed by atoms with Crippen LogP contribution in [0.1, 0.15) is 0 Å². The first-order valence-electron chi connectivity index (χ1n) is 26.4. The average Bonchev–Trinajstić information content (AvgIpc) is 4.47. The molecule has 12 aromatic carbocycles. The van der Waals surface area contributed by atoms with Crippen molar-refractivity contribution >= 4 is 116 Å². The van der Waals surface area contributed by atoms with Gasteiger partial charge in [-0.15, -0.1) is 0 Å². The predicted molar refractivity (Wildman–Crippen MR) is 324 cm³/mol. The molecule has 16 aromatic rings. The van der Waals surface area contributed by atoms with E-state index in [4.69, 9.17) is 8.83 Å². The van der Waals surface area contributed by atoms with E-state index in [9.17, 15) is 0 Å². The van der Waals surface area contributed by atoms with Gasteiger partial charge >= 0.3 is 0 Å². The quantitative estimate of drug-likeness (QED) is 0.112. The van der Waals surface area contributed by atoms with Gasteiger partial charge in [-0.3, -0.25) is 0 Å². The molecule has 0 aliphatic carbocycles. The van der Waals surface area contributed by atoms with Crippen molar-refractivity contribution in [2.75, 3.05) is 0 Å². The molecule has 0 spiro atoms. The highest BCUT2D eigenvalue weighted by molar-refractivity contribution is 7.21. The molecule has 0 amide bonds. The van der Waals surface area contributed by atoms with Crippen LogP contribution in [0.25, 0.3) is 121 Å². The number of benzene rings is 12. The Morgan fingerprint density at radius 1 is 0.273 bits per heavy atom. The molecular formula is C72H46N2O2Si. The second-order valence-corrected chi connectivity index (χ2v) is 24.0. The molecular weight excluding hydrogens is 953 g/mol. The zero-order chi connectivity index (χ0) is 50.6. The third-order valence-electron chi connectivity index (χ3n) is 16.3. The molecule has 0 N–H and O–H groups in total. The molecule has 0 aliphatic heterocycles. The highest BCUT2D eigenvalue weighted by Gasteiger charge is 2.45. The van der Waals surface area contributed by atoms with E-state index >= 15 is 0 Å². The molecule has 0 saturated carbocycles. The lowest BCUT2D eigenvalue weighted by molar-refractivity contribution is 0.670. The van der Waals surface area contributed by atoms with Crippen LogP contribution in [-0.2, 0) is 0 Å². The van der Waals surface area contributed by atoms with Crippen molar-refractivity contribution in [2.24, 2.45) is 0 Å². The van der Waals surface area contributed by atoms with Crippen molar-refractivity contribution in [1.82, 2.24) is 9.13 Å². The van der Waals surface area contributed by atoms with Gasteiger partial charge in [-0.25, -0.2) is 0 Å². The van der Waals surface area contributed by atoms with Crippen LogP contribution >= 0.6 is 0 Å². The van der Waals surface area contributed by atoms with E-state index in [0.29, 0.717) is 0 Å². The molecule has 77 heavy (non-hydrogen) atoms. The fourth-order valence-electron chi connectivity index (χ4n) is 13.0. The van der Waals surface area contributed by atoms with Gasteiger partial charge in [-0.05, 0) is 104 Å². The number of rotatable bonds is 8. The summed E-state index contributed by atoms with van der Waals surface area (Å²) in [6.07, 6.45) is 0. The maximum absolute atomic E-state index is 7.28. The number of para-hydroxylation sites is 7. The predicted octanol–water partition coefficient (Wildman–Crippen LogP) is 16.4. The number of aromatic nitrogens is 2. The summed E-state index contributed by atoms with van der Waals surface area (Å²) in [7, 11) is -3.28. The molecule has 0 fully saturated rings. The molecule has 0 atom stereocenters. The number of furan rings is 2. The van der Waals surface area contributed by atoms with Gasteiger partial charge in [0.15, 0.2) is 8.07 Å². The van der Waals surface area contributed by atoms with Crippen molar-refractivity contribution in [1.29, 1.82) is 0 Å². The highest BCUT2D eigenvalue weighted by atomic mass is 28.3. The number of nitrogens with zero attached hydrogens (tertiary/aromatic N) is 2. The van der Waals surface area contributed by atoms with Crippen LogP contribution < -0.4 is 20.7 Å². The molecule has 0 aliphatic rings. The normalized spacial score (nSPS) is 12.2. The van der Waals surface area contributed by atoms with Gasteiger partial charge in [0.25, 0.3) is 0 Å². The summed E-state index contributed by atoms with van der Waals surface area (Å²) < 4.78 is 19.3. The van der Waals surface area contributed by atoms with Crippen molar-refractivity contribution in [2.45, 2.75) is 0 Å². The summed E-state index contributed by atoms with van der Waals surface area (Å²) in [5.74, 6) is 0. The highest BCUT2D eigenvalue weighted by Crippen LogP contribution is 2.40. The van der Waals surface area contributed by atoms with E-state index in [1.54, 1.807) is 0 Å². The van der Waals surface area contributed by atoms with Gasteiger partial charge in [-0.2, -0.15) is 0 Å². The first-order valence-corrected chi connectivity index (χ1v) is 28.4. The molecule has 0 bridgehead atoms.